The first-order valence-corrected chi connectivity index (χ1v) is 6.97. The van der Waals surface area contributed by atoms with Gasteiger partial charge in [0.2, 0.25) is 6.79 Å². The molecule has 1 aliphatic heterocycles. The minimum Gasteiger partial charge on any atom is -0.454 e. The van der Waals surface area contributed by atoms with Gasteiger partial charge in [-0.25, -0.2) is 4.98 Å². The van der Waals surface area contributed by atoms with Crippen molar-refractivity contribution in [1.82, 2.24) is 4.98 Å². The third-order valence-electron chi connectivity index (χ3n) is 2.54. The van der Waals surface area contributed by atoms with E-state index in [-0.39, 0.29) is 11.8 Å². The molecule has 0 saturated heterocycles. The molecule has 1 aromatic heterocycles. The Bertz CT molecular complexity index is 701. The maximum Gasteiger partial charge on any atom is 0.279 e. The molecule has 19 heavy (non-hydrogen) atoms. The number of rotatable bonds is 3. The van der Waals surface area contributed by atoms with E-state index in [2.05, 4.69) is 9.71 Å². The van der Waals surface area contributed by atoms with E-state index in [0.717, 1.165) is 0 Å². The quantitative estimate of drug-likeness (QED) is 0.923. The highest BCUT2D eigenvalue weighted by Gasteiger charge is 2.18. The molecule has 6 nitrogen and oxygen atoms in total. The molecule has 0 aliphatic carbocycles. The lowest BCUT2D eigenvalue weighted by Gasteiger charge is -2.07. The molecule has 3 rings (SSSR count). The summed E-state index contributed by atoms with van der Waals surface area (Å²) in [5, 5.41) is -0.0346. The van der Waals surface area contributed by atoms with Gasteiger partial charge in [0.1, 0.15) is 0 Å². The number of aromatic nitrogens is 1. The van der Waals surface area contributed by atoms with Crippen LogP contribution in [0.5, 0.6) is 11.5 Å². The van der Waals surface area contributed by atoms with E-state index < -0.39 is 10.0 Å². The van der Waals surface area contributed by atoms with E-state index >= 15 is 0 Å². The third kappa shape index (κ3) is 2.32. The second-order valence-electron chi connectivity index (χ2n) is 3.84. The Morgan fingerprint density at radius 1 is 1.11 bits per heavy atom. The number of pyridine rings is 1. The lowest BCUT2D eigenvalue weighted by atomic mass is 10.3. The Hall–Kier alpha value is -2.28. The van der Waals surface area contributed by atoms with Gasteiger partial charge in [-0.15, -0.1) is 0 Å². The van der Waals surface area contributed by atoms with Gasteiger partial charge in [-0.2, -0.15) is 8.42 Å². The van der Waals surface area contributed by atoms with Crippen molar-refractivity contribution in [3.05, 3.63) is 42.6 Å². The Morgan fingerprint density at radius 2 is 1.95 bits per heavy atom. The largest absolute Gasteiger partial charge is 0.454 e. The van der Waals surface area contributed by atoms with Crippen molar-refractivity contribution in [2.24, 2.45) is 0 Å². The standard InChI is InChI=1S/C12H10N2O4S/c15-19(16,12-3-1-2-6-13-12)14-9-4-5-10-11(7-9)18-8-17-10/h1-7,14H,8H2. The number of hydrogen-bond donors (Lipinski definition) is 1. The molecule has 2 heterocycles. The fourth-order valence-electron chi connectivity index (χ4n) is 1.67. The zero-order valence-corrected chi connectivity index (χ0v) is 10.6. The maximum atomic E-state index is 12.1. The van der Waals surface area contributed by atoms with Crippen LogP contribution in [0.25, 0.3) is 0 Å². The average molecular weight is 278 g/mol. The molecule has 2 aromatic rings. The van der Waals surface area contributed by atoms with Crippen LogP contribution in [0.15, 0.2) is 47.6 Å². The molecule has 0 radical (unpaired) electrons. The minimum absolute atomic E-state index is 0.0346. The molecule has 1 aliphatic rings. The van der Waals surface area contributed by atoms with Gasteiger partial charge in [-0.1, -0.05) is 6.07 Å². The van der Waals surface area contributed by atoms with E-state index in [4.69, 9.17) is 9.47 Å². The highest BCUT2D eigenvalue weighted by Crippen LogP contribution is 2.34. The number of anilines is 1. The van der Waals surface area contributed by atoms with Crippen molar-refractivity contribution in [2.75, 3.05) is 11.5 Å². The topological polar surface area (TPSA) is 77.5 Å². The van der Waals surface area contributed by atoms with Crippen LogP contribution in [-0.2, 0) is 10.0 Å². The van der Waals surface area contributed by atoms with Gasteiger partial charge in [0.15, 0.2) is 16.5 Å². The maximum absolute atomic E-state index is 12.1. The fourth-order valence-corrected chi connectivity index (χ4v) is 2.67. The Labute approximate surface area is 110 Å². The summed E-state index contributed by atoms with van der Waals surface area (Å²) in [5.74, 6) is 1.11. The van der Waals surface area contributed by atoms with Crippen LogP contribution >= 0.6 is 0 Å². The summed E-state index contributed by atoms with van der Waals surface area (Å²) in [5.41, 5.74) is 0.398. The molecule has 7 heteroatoms. The minimum atomic E-state index is -3.69. The zero-order valence-electron chi connectivity index (χ0n) is 9.74. The van der Waals surface area contributed by atoms with E-state index in [0.29, 0.717) is 17.2 Å². The van der Waals surface area contributed by atoms with Crippen LogP contribution < -0.4 is 14.2 Å². The molecule has 0 fully saturated rings. The van der Waals surface area contributed by atoms with Crippen molar-refractivity contribution in [3.63, 3.8) is 0 Å². The van der Waals surface area contributed by atoms with Crippen LogP contribution in [0.3, 0.4) is 0 Å². The first-order valence-electron chi connectivity index (χ1n) is 5.49. The summed E-state index contributed by atoms with van der Waals surface area (Å²) in [6.07, 6.45) is 1.42. The van der Waals surface area contributed by atoms with E-state index in [9.17, 15) is 8.42 Å². The van der Waals surface area contributed by atoms with Crippen molar-refractivity contribution in [2.45, 2.75) is 5.03 Å². The van der Waals surface area contributed by atoms with Crippen LogP contribution in [0.1, 0.15) is 0 Å². The first kappa shape index (κ1) is 11.8. The molecular weight excluding hydrogens is 268 g/mol. The third-order valence-corrected chi connectivity index (χ3v) is 3.83. The number of sulfonamides is 1. The molecule has 0 saturated carbocycles. The number of hydrogen-bond acceptors (Lipinski definition) is 5. The van der Waals surface area contributed by atoms with Gasteiger partial charge in [0, 0.05) is 12.3 Å². The normalized spacial score (nSPS) is 13.3. The van der Waals surface area contributed by atoms with Crippen LogP contribution in [0.4, 0.5) is 5.69 Å². The molecule has 1 N–H and O–H groups in total. The molecule has 0 spiro atoms. The van der Waals surface area contributed by atoms with Gasteiger partial charge < -0.3 is 9.47 Å². The Morgan fingerprint density at radius 3 is 2.74 bits per heavy atom. The highest BCUT2D eigenvalue weighted by molar-refractivity contribution is 7.92. The van der Waals surface area contributed by atoms with Crippen molar-refractivity contribution < 1.29 is 17.9 Å². The summed E-state index contributed by atoms with van der Waals surface area (Å²) in [6.45, 7) is 0.145. The van der Waals surface area contributed by atoms with Gasteiger partial charge in [-0.3, -0.25) is 4.72 Å². The second kappa shape index (κ2) is 4.43. The summed E-state index contributed by atoms with van der Waals surface area (Å²) in [4.78, 5) is 3.81. The molecule has 0 atom stereocenters. The van der Waals surface area contributed by atoms with Gasteiger partial charge in [-0.05, 0) is 24.3 Å². The monoisotopic (exact) mass is 278 g/mol. The second-order valence-corrected chi connectivity index (χ2v) is 5.47. The van der Waals surface area contributed by atoms with Gasteiger partial charge in [0.05, 0.1) is 5.69 Å². The number of nitrogens with one attached hydrogen (secondary N) is 1. The predicted molar refractivity (Wildman–Crippen MR) is 67.6 cm³/mol. The Kier molecular flexibility index (Phi) is 2.75. The summed E-state index contributed by atoms with van der Waals surface area (Å²) < 4.78 is 36.9. The van der Waals surface area contributed by atoms with E-state index in [1.807, 2.05) is 0 Å². The van der Waals surface area contributed by atoms with Crippen molar-refractivity contribution in [3.8, 4) is 11.5 Å². The number of nitrogens with zero attached hydrogens (tertiary/aromatic N) is 1. The summed E-state index contributed by atoms with van der Waals surface area (Å²) in [6, 6.07) is 9.52. The number of fused-ring (bicyclic) bond motifs is 1. The van der Waals surface area contributed by atoms with Gasteiger partial charge >= 0.3 is 0 Å². The fraction of sp³-hybridized carbons (Fsp3) is 0.0833. The molecule has 0 unspecified atom stereocenters. The lowest BCUT2D eigenvalue weighted by molar-refractivity contribution is 0.174. The summed E-state index contributed by atoms with van der Waals surface area (Å²) >= 11 is 0. The van der Waals surface area contributed by atoms with Crippen LogP contribution in [0.2, 0.25) is 0 Å². The SMILES string of the molecule is O=S(=O)(Nc1ccc2c(c1)OCO2)c1ccccn1. The lowest BCUT2D eigenvalue weighted by Crippen LogP contribution is -2.14. The predicted octanol–water partition coefficient (Wildman–Crippen LogP) is 1.61. The molecule has 1 aromatic carbocycles. The highest BCUT2D eigenvalue weighted by atomic mass is 32.2. The molecule has 0 amide bonds. The van der Waals surface area contributed by atoms with Crippen LogP contribution in [-0.4, -0.2) is 20.2 Å². The van der Waals surface area contributed by atoms with E-state index in [1.54, 1.807) is 30.3 Å². The van der Waals surface area contributed by atoms with Crippen LogP contribution in [0, 0.1) is 0 Å². The molecular formula is C12H10N2O4S. The number of ether oxygens (including phenoxy) is 2. The van der Waals surface area contributed by atoms with Crippen molar-refractivity contribution in [1.29, 1.82) is 0 Å². The van der Waals surface area contributed by atoms with Crippen molar-refractivity contribution >= 4 is 15.7 Å². The van der Waals surface area contributed by atoms with E-state index in [1.165, 1.54) is 12.3 Å². The number of benzene rings is 1. The van der Waals surface area contributed by atoms with Gasteiger partial charge in [0.25, 0.3) is 10.0 Å². The smallest absolute Gasteiger partial charge is 0.279 e. The average Bonchev–Trinajstić information content (AvgIpc) is 2.87. The summed E-state index contributed by atoms with van der Waals surface area (Å²) in [7, 11) is -3.69. The molecule has 98 valence electrons. The molecule has 0 bridgehead atoms. The first-order chi connectivity index (χ1) is 9.15. The Balaban J connectivity index is 1.89. The zero-order chi connectivity index (χ0) is 13.3.